The van der Waals surface area contributed by atoms with Gasteiger partial charge in [0.05, 0.1) is 31.8 Å². The highest BCUT2D eigenvalue weighted by molar-refractivity contribution is 6.67. The fourth-order valence-corrected chi connectivity index (χ4v) is 6.68. The second-order valence-electron chi connectivity index (χ2n) is 10.8. The average Bonchev–Trinajstić information content (AvgIpc) is 3.59. The highest BCUT2D eigenvalue weighted by Gasteiger charge is 2.54. The molecule has 1 fully saturated rings. The summed E-state index contributed by atoms with van der Waals surface area (Å²) in [6.45, 7) is 6.77. The number of alkyl carbamates (subject to hydrolysis) is 1. The fraction of sp³-hybridized carbons (Fsp3) is 0.552. The van der Waals surface area contributed by atoms with E-state index in [1.807, 2.05) is 17.9 Å². The second kappa shape index (κ2) is 12.7. The summed E-state index contributed by atoms with van der Waals surface area (Å²) in [7, 11) is 2.92. The molecule has 0 saturated carbocycles. The van der Waals surface area contributed by atoms with E-state index in [-0.39, 0.29) is 31.7 Å². The van der Waals surface area contributed by atoms with Gasteiger partial charge >= 0.3 is 6.09 Å². The topological polar surface area (TPSA) is 137 Å². The monoisotopic (exact) mass is 676 g/mol. The predicted octanol–water partition coefficient (Wildman–Crippen LogP) is 5.01. The molecule has 44 heavy (non-hydrogen) atoms. The van der Waals surface area contributed by atoms with E-state index in [9.17, 15) is 15.0 Å². The van der Waals surface area contributed by atoms with E-state index in [2.05, 4.69) is 5.32 Å². The minimum absolute atomic E-state index is 0.00550. The minimum Gasteiger partial charge on any atom is -0.504 e. The number of carbonyl (C=O) groups is 1. The zero-order chi connectivity index (χ0) is 32.1. The van der Waals surface area contributed by atoms with Crippen LogP contribution in [-0.4, -0.2) is 78.3 Å². The number of nitrogens with zero attached hydrogens (tertiary/aromatic N) is 1. The van der Waals surface area contributed by atoms with Crippen LogP contribution in [-0.2, 0) is 14.2 Å². The zero-order valence-corrected chi connectivity index (χ0v) is 27.3. The van der Waals surface area contributed by atoms with Crippen LogP contribution in [0, 0.1) is 20.8 Å². The number of aliphatic hydroxyl groups is 1. The quantitative estimate of drug-likeness (QED) is 0.257. The first-order valence-electron chi connectivity index (χ1n) is 13.8. The molecular formula is C29H35Cl3N2O10. The number of ether oxygens (including phenoxy) is 7. The van der Waals surface area contributed by atoms with Gasteiger partial charge in [-0.1, -0.05) is 40.9 Å². The number of aromatic hydroxyl groups is 1. The number of hydrogen-bond donors (Lipinski definition) is 3. The Labute approximate surface area is 269 Å². The van der Waals surface area contributed by atoms with Crippen LogP contribution in [0.15, 0.2) is 6.07 Å². The van der Waals surface area contributed by atoms with Gasteiger partial charge in [0.25, 0.3) is 0 Å². The summed E-state index contributed by atoms with van der Waals surface area (Å²) >= 11 is 17.5. The Bertz CT molecular complexity index is 1440. The minimum atomic E-state index is -1.86. The van der Waals surface area contributed by atoms with Crippen molar-refractivity contribution in [1.82, 2.24) is 10.2 Å². The van der Waals surface area contributed by atoms with Crippen molar-refractivity contribution in [2.24, 2.45) is 0 Å². The van der Waals surface area contributed by atoms with Gasteiger partial charge < -0.3 is 48.7 Å². The number of phenolic OH excluding ortho intramolecular Hbond substituents is 1. The second-order valence-corrected chi connectivity index (χ2v) is 13.4. The molecule has 0 bridgehead atoms. The highest BCUT2D eigenvalue weighted by Crippen LogP contribution is 2.58. The third-order valence-corrected chi connectivity index (χ3v) is 8.48. The predicted molar refractivity (Wildman–Crippen MR) is 160 cm³/mol. The molecule has 5 rings (SSSR count). The third-order valence-electron chi connectivity index (χ3n) is 8.15. The average molecular weight is 678 g/mol. The Kier molecular flexibility index (Phi) is 9.44. The molecule has 0 radical (unpaired) electrons. The summed E-state index contributed by atoms with van der Waals surface area (Å²) < 4.78 is 38.0. The number of benzene rings is 2. The number of rotatable bonds is 8. The number of hydrogen-bond acceptors (Lipinski definition) is 11. The van der Waals surface area contributed by atoms with Gasteiger partial charge in [0.1, 0.15) is 24.7 Å². The van der Waals surface area contributed by atoms with E-state index >= 15 is 0 Å². The van der Waals surface area contributed by atoms with Crippen LogP contribution in [0.4, 0.5) is 4.79 Å². The number of aryl methyl sites for hydroxylation is 2. The van der Waals surface area contributed by atoms with E-state index in [1.165, 1.54) is 14.2 Å². The molecule has 1 amide bonds. The molecule has 5 atom stereocenters. The molecule has 242 valence electrons. The molecule has 2 aromatic rings. The Morgan fingerprint density at radius 3 is 2.50 bits per heavy atom. The van der Waals surface area contributed by atoms with Crippen LogP contribution in [0.2, 0.25) is 0 Å². The van der Waals surface area contributed by atoms with Crippen molar-refractivity contribution in [1.29, 1.82) is 0 Å². The van der Waals surface area contributed by atoms with Crippen molar-refractivity contribution in [2.45, 2.75) is 61.9 Å². The van der Waals surface area contributed by atoms with Gasteiger partial charge in [-0.2, -0.15) is 0 Å². The number of carbonyl (C=O) groups excluding carboxylic acids is 1. The summed E-state index contributed by atoms with van der Waals surface area (Å²) in [5, 5.41) is 26.8. The molecule has 1 saturated heterocycles. The standard InChI is InChI=1S/C29H35Cl3N2O10/c1-12-7-13(2)24(39-6)23(36)17(12)20(33-28(37)41-9-29(30,31)32)21-22(35)19-18(16-8-40-15(4)34(16)21)27-26(43-11-44-27)14(3)25(19)42-10-38-5/h7,15-16,20-22,35-36H,8-11H2,1-6H3,(H,33,37)/t15-,16+,20?,21-,22+/m1/s1. The van der Waals surface area contributed by atoms with Gasteiger partial charge in [0.2, 0.25) is 10.6 Å². The number of alkyl halides is 3. The maximum Gasteiger partial charge on any atom is 0.407 e. The Hall–Kier alpha value is -2.58. The molecule has 3 aliphatic rings. The number of phenols is 1. The summed E-state index contributed by atoms with van der Waals surface area (Å²) in [6.07, 6.45) is -2.82. The maximum atomic E-state index is 13.3. The first kappa shape index (κ1) is 32.8. The lowest BCUT2D eigenvalue weighted by molar-refractivity contribution is -0.0523. The van der Waals surface area contributed by atoms with Crippen LogP contribution in [0.3, 0.4) is 0 Å². The van der Waals surface area contributed by atoms with Crippen molar-refractivity contribution in [3.05, 3.63) is 39.4 Å². The van der Waals surface area contributed by atoms with Gasteiger partial charge in [-0.15, -0.1) is 0 Å². The Morgan fingerprint density at radius 2 is 1.84 bits per heavy atom. The SMILES string of the molecule is COCOc1c(C)c2c(c3c1[C@H](O)[C@@H](C(NC(=O)OCC(Cl)(Cl)Cl)c1c(C)cc(C)c(OC)c1O)N1[C@@H](C)OC[C@@H]31)OCO2. The van der Waals surface area contributed by atoms with Crippen LogP contribution >= 0.6 is 34.8 Å². The summed E-state index contributed by atoms with van der Waals surface area (Å²) in [5.41, 5.74) is 3.25. The molecule has 3 heterocycles. The summed E-state index contributed by atoms with van der Waals surface area (Å²) in [4.78, 5) is 15.2. The Morgan fingerprint density at radius 1 is 1.14 bits per heavy atom. The van der Waals surface area contributed by atoms with Gasteiger partial charge in [-0.3, -0.25) is 4.90 Å². The molecule has 12 nitrogen and oxygen atoms in total. The van der Waals surface area contributed by atoms with Gasteiger partial charge in [0, 0.05) is 29.4 Å². The summed E-state index contributed by atoms with van der Waals surface area (Å²) in [5.74, 6) is 1.33. The maximum absolute atomic E-state index is 13.3. The van der Waals surface area contributed by atoms with Gasteiger partial charge in [0.15, 0.2) is 29.8 Å². The third kappa shape index (κ3) is 5.77. The molecule has 2 aromatic carbocycles. The first-order valence-corrected chi connectivity index (χ1v) is 15.0. The van der Waals surface area contributed by atoms with E-state index < -0.39 is 47.0 Å². The molecule has 0 aromatic heterocycles. The molecule has 1 unspecified atom stereocenters. The number of methoxy groups -OCH3 is 2. The largest absolute Gasteiger partial charge is 0.504 e. The Balaban J connectivity index is 1.73. The number of aliphatic hydroxyl groups excluding tert-OH is 1. The molecule has 0 aliphatic carbocycles. The lowest BCUT2D eigenvalue weighted by atomic mass is 9.78. The number of amides is 1. The lowest BCUT2D eigenvalue weighted by Gasteiger charge is -2.47. The number of halogens is 3. The van der Waals surface area contributed by atoms with Gasteiger partial charge in [-0.25, -0.2) is 4.79 Å². The molecule has 15 heteroatoms. The molecule has 3 N–H and O–H groups in total. The first-order chi connectivity index (χ1) is 20.8. The van der Waals surface area contributed by atoms with Crippen LogP contribution in [0.5, 0.6) is 28.7 Å². The molecule has 0 spiro atoms. The van der Waals surface area contributed by atoms with Crippen molar-refractivity contribution in [3.63, 3.8) is 0 Å². The van der Waals surface area contributed by atoms with Crippen LogP contribution in [0.1, 0.15) is 58.5 Å². The van der Waals surface area contributed by atoms with Crippen molar-refractivity contribution < 1.29 is 48.2 Å². The van der Waals surface area contributed by atoms with E-state index in [4.69, 9.17) is 68.0 Å². The number of nitrogens with one attached hydrogen (secondary N) is 1. The van der Waals surface area contributed by atoms with Crippen LogP contribution < -0.4 is 24.3 Å². The summed E-state index contributed by atoms with van der Waals surface area (Å²) in [6, 6.07) is -0.712. The van der Waals surface area contributed by atoms with E-state index in [1.54, 1.807) is 20.8 Å². The van der Waals surface area contributed by atoms with E-state index in [0.29, 0.717) is 50.6 Å². The molecule has 3 aliphatic heterocycles. The lowest BCUT2D eigenvalue weighted by Crippen LogP contribution is -2.54. The normalized spacial score (nSPS) is 23.1. The van der Waals surface area contributed by atoms with Crippen molar-refractivity contribution in [2.75, 3.05) is 41.0 Å². The molecular weight excluding hydrogens is 643 g/mol. The number of fused-ring (bicyclic) bond motifs is 5. The van der Waals surface area contributed by atoms with Crippen molar-refractivity contribution >= 4 is 40.9 Å². The highest BCUT2D eigenvalue weighted by atomic mass is 35.6. The van der Waals surface area contributed by atoms with Crippen molar-refractivity contribution in [3.8, 4) is 28.7 Å². The van der Waals surface area contributed by atoms with Crippen LogP contribution in [0.25, 0.3) is 0 Å². The smallest absolute Gasteiger partial charge is 0.407 e. The van der Waals surface area contributed by atoms with E-state index in [0.717, 1.165) is 0 Å². The zero-order valence-electron chi connectivity index (χ0n) is 25.0. The fourth-order valence-electron chi connectivity index (χ4n) is 6.52. The van der Waals surface area contributed by atoms with Gasteiger partial charge in [-0.05, 0) is 38.8 Å².